The van der Waals surface area contributed by atoms with Crippen LogP contribution in [0.4, 0.5) is 0 Å². The van der Waals surface area contributed by atoms with E-state index in [1.54, 1.807) is 7.11 Å². The zero-order valence-corrected chi connectivity index (χ0v) is 14.1. The molecule has 3 aromatic rings. The van der Waals surface area contributed by atoms with Crippen molar-refractivity contribution in [1.29, 1.82) is 0 Å². The Balaban J connectivity index is 1.71. The topological polar surface area (TPSA) is 95.7 Å². The molecule has 1 aromatic carbocycles. The van der Waals surface area contributed by atoms with Crippen LogP contribution >= 0.6 is 0 Å². The van der Waals surface area contributed by atoms with E-state index >= 15 is 0 Å². The summed E-state index contributed by atoms with van der Waals surface area (Å²) in [5.74, 6) is 1.37. The van der Waals surface area contributed by atoms with Gasteiger partial charge in [-0.25, -0.2) is 4.98 Å². The molecular weight excluding hydrogens is 318 g/mol. The predicted molar refractivity (Wildman–Crippen MR) is 92.7 cm³/mol. The molecule has 0 saturated heterocycles. The van der Waals surface area contributed by atoms with Crippen LogP contribution in [0, 0.1) is 6.92 Å². The molecule has 0 bridgehead atoms. The first-order valence-corrected chi connectivity index (χ1v) is 8.18. The third kappa shape index (κ3) is 2.77. The number of aryl methyl sites for hydroxylation is 1. The fourth-order valence-corrected chi connectivity index (χ4v) is 3.25. The van der Waals surface area contributed by atoms with Crippen molar-refractivity contribution in [2.24, 2.45) is 0 Å². The van der Waals surface area contributed by atoms with Gasteiger partial charge >= 0.3 is 0 Å². The molecule has 0 spiro atoms. The zero-order chi connectivity index (χ0) is 17.4. The minimum absolute atomic E-state index is 0.107. The molecule has 0 saturated carbocycles. The summed E-state index contributed by atoms with van der Waals surface area (Å²) < 4.78 is 5.48. The minimum Gasteiger partial charge on any atom is -0.496 e. The van der Waals surface area contributed by atoms with Crippen molar-refractivity contribution < 1.29 is 9.53 Å². The van der Waals surface area contributed by atoms with Gasteiger partial charge in [-0.1, -0.05) is 18.2 Å². The molecular formula is C18H19N5O2. The Hall–Kier alpha value is -3.09. The molecule has 0 fully saturated rings. The van der Waals surface area contributed by atoms with Crippen molar-refractivity contribution in [3.63, 3.8) is 0 Å². The number of hydrogen-bond acceptors (Lipinski definition) is 4. The van der Waals surface area contributed by atoms with Crippen LogP contribution in [0.2, 0.25) is 0 Å². The van der Waals surface area contributed by atoms with Gasteiger partial charge in [-0.05, 0) is 31.0 Å². The number of nitrogens with one attached hydrogen (secondary N) is 3. The Labute approximate surface area is 144 Å². The van der Waals surface area contributed by atoms with Crippen LogP contribution in [0.3, 0.4) is 0 Å². The summed E-state index contributed by atoms with van der Waals surface area (Å²) in [6.07, 6.45) is 0.671. The molecule has 3 N–H and O–H groups in total. The standard InChI is InChI=1S/C18H19N5O2/c1-10-7-14(23-22-10)17-20-13-8-11(9-19-18(24)16(13)21-17)12-5-3-4-6-15(12)25-2/h3-7,11H,8-9H2,1-2H3,(H,19,24)(H,20,21)(H,22,23). The number of aromatic amines is 2. The lowest BCUT2D eigenvalue weighted by Crippen LogP contribution is -2.26. The number of hydrogen-bond donors (Lipinski definition) is 3. The van der Waals surface area contributed by atoms with E-state index in [0.29, 0.717) is 30.2 Å². The van der Waals surface area contributed by atoms with Gasteiger partial charge in [-0.3, -0.25) is 9.89 Å². The molecule has 2 aromatic heterocycles. The number of benzene rings is 1. The van der Waals surface area contributed by atoms with Crippen LogP contribution in [0.5, 0.6) is 5.75 Å². The Morgan fingerprint density at radius 1 is 1.28 bits per heavy atom. The molecule has 0 radical (unpaired) electrons. The lowest BCUT2D eigenvalue weighted by Gasteiger charge is -2.17. The Morgan fingerprint density at radius 2 is 2.12 bits per heavy atom. The number of H-pyrrole nitrogens is 2. The number of aromatic nitrogens is 4. The molecule has 1 aliphatic rings. The van der Waals surface area contributed by atoms with E-state index in [1.165, 1.54) is 0 Å². The van der Waals surface area contributed by atoms with E-state index in [-0.39, 0.29) is 11.8 Å². The first kappa shape index (κ1) is 15.4. The summed E-state index contributed by atoms with van der Waals surface area (Å²) in [7, 11) is 1.66. The Kier molecular flexibility index (Phi) is 3.76. The van der Waals surface area contributed by atoms with Crippen LogP contribution in [0.15, 0.2) is 30.3 Å². The van der Waals surface area contributed by atoms with Gasteiger partial charge in [0, 0.05) is 23.9 Å². The smallest absolute Gasteiger partial charge is 0.271 e. The van der Waals surface area contributed by atoms with E-state index in [1.807, 2.05) is 37.3 Å². The normalized spacial score (nSPS) is 16.9. The highest BCUT2D eigenvalue weighted by Crippen LogP contribution is 2.31. The number of nitrogens with zero attached hydrogens (tertiary/aromatic N) is 2. The number of para-hydroxylation sites is 1. The number of methoxy groups -OCH3 is 1. The molecule has 1 atom stereocenters. The van der Waals surface area contributed by atoms with Crippen molar-refractivity contribution in [2.45, 2.75) is 19.3 Å². The van der Waals surface area contributed by atoms with Gasteiger partial charge in [0.15, 0.2) is 5.82 Å². The lowest BCUT2D eigenvalue weighted by molar-refractivity contribution is 0.0950. The van der Waals surface area contributed by atoms with Crippen LogP contribution in [-0.2, 0) is 6.42 Å². The van der Waals surface area contributed by atoms with Crippen molar-refractivity contribution in [2.75, 3.05) is 13.7 Å². The highest BCUT2D eigenvalue weighted by atomic mass is 16.5. The maximum absolute atomic E-state index is 12.4. The molecule has 7 nitrogen and oxygen atoms in total. The monoisotopic (exact) mass is 337 g/mol. The average Bonchev–Trinajstić information content (AvgIpc) is 3.21. The molecule has 128 valence electrons. The number of ether oxygens (including phenoxy) is 1. The highest BCUT2D eigenvalue weighted by molar-refractivity contribution is 5.94. The Bertz CT molecular complexity index is 927. The molecule has 7 heteroatoms. The average molecular weight is 337 g/mol. The summed E-state index contributed by atoms with van der Waals surface area (Å²) in [5, 5.41) is 10.1. The van der Waals surface area contributed by atoms with E-state index in [9.17, 15) is 4.79 Å². The van der Waals surface area contributed by atoms with E-state index in [4.69, 9.17) is 4.74 Å². The number of fused-ring (bicyclic) bond motifs is 1. The summed E-state index contributed by atoms with van der Waals surface area (Å²) in [5.41, 5.74) is 3.98. The molecule has 4 rings (SSSR count). The second-order valence-corrected chi connectivity index (χ2v) is 6.20. The van der Waals surface area contributed by atoms with Gasteiger partial charge in [0.1, 0.15) is 17.1 Å². The highest BCUT2D eigenvalue weighted by Gasteiger charge is 2.28. The predicted octanol–water partition coefficient (Wildman–Crippen LogP) is 2.19. The van der Waals surface area contributed by atoms with Gasteiger partial charge in [0.05, 0.1) is 7.11 Å². The van der Waals surface area contributed by atoms with Gasteiger partial charge in [0.25, 0.3) is 5.91 Å². The lowest BCUT2D eigenvalue weighted by atomic mass is 9.93. The van der Waals surface area contributed by atoms with Crippen molar-refractivity contribution >= 4 is 5.91 Å². The summed E-state index contributed by atoms with van der Waals surface area (Å²) in [6, 6.07) is 9.80. The number of carbonyl (C=O) groups excluding carboxylic acids is 1. The molecule has 3 heterocycles. The quantitative estimate of drug-likeness (QED) is 0.682. The van der Waals surface area contributed by atoms with Crippen LogP contribution in [0.25, 0.3) is 11.5 Å². The van der Waals surface area contributed by atoms with Crippen LogP contribution < -0.4 is 10.1 Å². The van der Waals surface area contributed by atoms with Gasteiger partial charge in [0.2, 0.25) is 0 Å². The second-order valence-electron chi connectivity index (χ2n) is 6.20. The largest absolute Gasteiger partial charge is 0.496 e. The molecule has 1 amide bonds. The first-order valence-electron chi connectivity index (χ1n) is 8.18. The van der Waals surface area contributed by atoms with Crippen LogP contribution in [0.1, 0.15) is 33.4 Å². The van der Waals surface area contributed by atoms with Crippen molar-refractivity contribution in [3.8, 4) is 17.3 Å². The van der Waals surface area contributed by atoms with E-state index < -0.39 is 0 Å². The van der Waals surface area contributed by atoms with Gasteiger partial charge in [-0.15, -0.1) is 0 Å². The van der Waals surface area contributed by atoms with Crippen molar-refractivity contribution in [3.05, 3.63) is 53.0 Å². The van der Waals surface area contributed by atoms with Gasteiger partial charge in [-0.2, -0.15) is 5.10 Å². The third-order valence-electron chi connectivity index (χ3n) is 4.48. The molecule has 1 unspecified atom stereocenters. The third-order valence-corrected chi connectivity index (χ3v) is 4.48. The Morgan fingerprint density at radius 3 is 2.88 bits per heavy atom. The van der Waals surface area contributed by atoms with E-state index in [0.717, 1.165) is 22.7 Å². The molecule has 25 heavy (non-hydrogen) atoms. The number of imidazole rings is 1. The van der Waals surface area contributed by atoms with E-state index in [2.05, 4.69) is 25.5 Å². The second kappa shape index (κ2) is 6.08. The summed E-state index contributed by atoms with van der Waals surface area (Å²) in [4.78, 5) is 20.2. The number of carbonyl (C=O) groups is 1. The minimum atomic E-state index is -0.165. The summed E-state index contributed by atoms with van der Waals surface area (Å²) in [6.45, 7) is 2.47. The molecule has 0 aliphatic carbocycles. The maximum Gasteiger partial charge on any atom is 0.271 e. The number of rotatable bonds is 3. The van der Waals surface area contributed by atoms with Crippen molar-refractivity contribution in [1.82, 2.24) is 25.5 Å². The van der Waals surface area contributed by atoms with Gasteiger partial charge < -0.3 is 15.0 Å². The van der Waals surface area contributed by atoms with Crippen LogP contribution in [-0.4, -0.2) is 39.7 Å². The fraction of sp³-hybridized carbons (Fsp3) is 0.278. The first-order chi connectivity index (χ1) is 12.2. The summed E-state index contributed by atoms with van der Waals surface area (Å²) >= 11 is 0. The molecule has 1 aliphatic heterocycles. The fourth-order valence-electron chi connectivity index (χ4n) is 3.25. The number of amides is 1. The zero-order valence-electron chi connectivity index (χ0n) is 14.1. The maximum atomic E-state index is 12.4. The SMILES string of the molecule is COc1ccccc1C1CNC(=O)c2nc(-c3cc(C)[nH]n3)[nH]c2C1.